The van der Waals surface area contributed by atoms with Crippen molar-refractivity contribution >= 4 is 29.2 Å². The first-order chi connectivity index (χ1) is 8.90. The number of halogens is 1. The standard InChI is InChI=1S/C12H15ClN4O2/c1-6-10(13)14-7(2)15-11(6)16-8-4-5-9(18)17(3)12(8)19/h8H,4-5H2,1-3H3,(H,14,15,16). The van der Waals surface area contributed by atoms with Crippen LogP contribution < -0.4 is 5.32 Å². The molecule has 0 spiro atoms. The van der Waals surface area contributed by atoms with E-state index in [1.807, 2.05) is 0 Å². The summed E-state index contributed by atoms with van der Waals surface area (Å²) in [4.78, 5) is 32.8. The van der Waals surface area contributed by atoms with Crippen LogP contribution in [0.1, 0.15) is 24.2 Å². The smallest absolute Gasteiger partial charge is 0.251 e. The van der Waals surface area contributed by atoms with Crippen LogP contribution >= 0.6 is 11.6 Å². The van der Waals surface area contributed by atoms with Gasteiger partial charge in [0.25, 0.3) is 5.91 Å². The van der Waals surface area contributed by atoms with E-state index in [4.69, 9.17) is 11.6 Å². The zero-order valence-electron chi connectivity index (χ0n) is 11.0. The van der Waals surface area contributed by atoms with Gasteiger partial charge in [0.2, 0.25) is 5.91 Å². The van der Waals surface area contributed by atoms with E-state index in [1.165, 1.54) is 7.05 Å². The summed E-state index contributed by atoms with van der Waals surface area (Å²) in [7, 11) is 1.49. The Hall–Kier alpha value is -1.69. The SMILES string of the molecule is Cc1nc(Cl)c(C)c(NC2CCC(=O)N(C)C2=O)n1. The fourth-order valence-electron chi connectivity index (χ4n) is 1.95. The monoisotopic (exact) mass is 282 g/mol. The summed E-state index contributed by atoms with van der Waals surface area (Å²) in [5.41, 5.74) is 0.694. The topological polar surface area (TPSA) is 75.2 Å². The molecule has 0 aliphatic carbocycles. The maximum absolute atomic E-state index is 12.0. The van der Waals surface area contributed by atoms with Crippen LogP contribution in [0.25, 0.3) is 0 Å². The van der Waals surface area contributed by atoms with Gasteiger partial charge in [-0.05, 0) is 20.3 Å². The number of piperidine rings is 1. The second kappa shape index (κ2) is 5.13. The van der Waals surface area contributed by atoms with Crippen molar-refractivity contribution < 1.29 is 9.59 Å². The summed E-state index contributed by atoms with van der Waals surface area (Å²) in [6.07, 6.45) is 0.804. The summed E-state index contributed by atoms with van der Waals surface area (Å²) in [6, 6.07) is -0.452. The van der Waals surface area contributed by atoms with Crippen molar-refractivity contribution in [3.05, 3.63) is 16.5 Å². The first-order valence-electron chi connectivity index (χ1n) is 5.98. The molecule has 0 aromatic carbocycles. The number of likely N-dealkylation sites (tertiary alicyclic amines) is 1. The molecule has 1 unspecified atom stereocenters. The van der Waals surface area contributed by atoms with Crippen molar-refractivity contribution in [3.63, 3.8) is 0 Å². The first kappa shape index (κ1) is 13.7. The molecule has 2 amide bonds. The maximum atomic E-state index is 12.0. The van der Waals surface area contributed by atoms with Gasteiger partial charge in [0, 0.05) is 19.0 Å². The minimum absolute atomic E-state index is 0.156. The van der Waals surface area contributed by atoms with Crippen molar-refractivity contribution in [2.45, 2.75) is 32.7 Å². The highest BCUT2D eigenvalue weighted by molar-refractivity contribution is 6.30. The highest BCUT2D eigenvalue weighted by Crippen LogP contribution is 2.22. The van der Waals surface area contributed by atoms with Crippen LogP contribution in [-0.2, 0) is 9.59 Å². The molecule has 0 radical (unpaired) electrons. The molecule has 19 heavy (non-hydrogen) atoms. The lowest BCUT2D eigenvalue weighted by atomic mass is 10.0. The van der Waals surface area contributed by atoms with Crippen LogP contribution in [-0.4, -0.2) is 39.8 Å². The van der Waals surface area contributed by atoms with Crippen molar-refractivity contribution in [1.29, 1.82) is 0 Å². The number of aryl methyl sites for hydroxylation is 1. The highest BCUT2D eigenvalue weighted by Gasteiger charge is 2.32. The summed E-state index contributed by atoms with van der Waals surface area (Å²) in [6.45, 7) is 3.51. The van der Waals surface area contributed by atoms with E-state index in [2.05, 4.69) is 15.3 Å². The summed E-state index contributed by atoms with van der Waals surface area (Å²) in [5, 5.41) is 3.42. The number of anilines is 1. The van der Waals surface area contributed by atoms with Crippen molar-refractivity contribution in [1.82, 2.24) is 14.9 Å². The molecule has 2 heterocycles. The number of nitrogens with zero attached hydrogens (tertiary/aromatic N) is 3. The number of hydrogen-bond donors (Lipinski definition) is 1. The minimum Gasteiger partial charge on any atom is -0.358 e. The molecule has 6 nitrogen and oxygen atoms in total. The molecule has 0 saturated carbocycles. The predicted octanol–water partition coefficient (Wildman–Crippen LogP) is 1.31. The van der Waals surface area contributed by atoms with Gasteiger partial charge in [0.15, 0.2) is 0 Å². The van der Waals surface area contributed by atoms with Crippen LogP contribution in [0, 0.1) is 13.8 Å². The molecule has 1 fully saturated rings. The average molecular weight is 283 g/mol. The van der Waals surface area contributed by atoms with E-state index >= 15 is 0 Å². The molecule has 102 valence electrons. The quantitative estimate of drug-likeness (QED) is 0.654. The molecule has 1 aromatic rings. The molecule has 1 saturated heterocycles. The van der Waals surface area contributed by atoms with Gasteiger partial charge < -0.3 is 5.32 Å². The Morgan fingerprint density at radius 1 is 1.32 bits per heavy atom. The third-order valence-electron chi connectivity index (χ3n) is 3.16. The lowest BCUT2D eigenvalue weighted by Gasteiger charge is -2.28. The number of carbonyl (C=O) groups is 2. The van der Waals surface area contributed by atoms with Crippen LogP contribution in [0.5, 0.6) is 0 Å². The number of hydrogen-bond acceptors (Lipinski definition) is 5. The first-order valence-corrected chi connectivity index (χ1v) is 6.35. The number of carbonyl (C=O) groups excluding carboxylic acids is 2. The normalized spacial score (nSPS) is 19.8. The van der Waals surface area contributed by atoms with Gasteiger partial charge in [-0.2, -0.15) is 0 Å². The Labute approximate surface area is 116 Å². The Balaban J connectivity index is 2.22. The number of amides is 2. The predicted molar refractivity (Wildman–Crippen MR) is 70.9 cm³/mol. The van der Waals surface area contributed by atoms with Gasteiger partial charge in [0.1, 0.15) is 22.8 Å². The summed E-state index contributed by atoms with van der Waals surface area (Å²) in [5.74, 6) is 0.670. The lowest BCUT2D eigenvalue weighted by Crippen LogP contribution is -2.48. The van der Waals surface area contributed by atoms with Gasteiger partial charge in [-0.3, -0.25) is 14.5 Å². The van der Waals surface area contributed by atoms with Gasteiger partial charge >= 0.3 is 0 Å². The summed E-state index contributed by atoms with van der Waals surface area (Å²) >= 11 is 5.98. The number of likely N-dealkylation sites (N-methyl/N-ethyl adjacent to an activating group) is 1. The highest BCUT2D eigenvalue weighted by atomic mass is 35.5. The average Bonchev–Trinajstić information content (AvgIpc) is 2.36. The minimum atomic E-state index is -0.452. The fourth-order valence-corrected chi connectivity index (χ4v) is 2.16. The lowest BCUT2D eigenvalue weighted by molar-refractivity contribution is -0.146. The maximum Gasteiger partial charge on any atom is 0.251 e. The van der Waals surface area contributed by atoms with E-state index in [9.17, 15) is 9.59 Å². The largest absolute Gasteiger partial charge is 0.358 e. The van der Waals surface area contributed by atoms with Crippen LogP contribution in [0.15, 0.2) is 0 Å². The Morgan fingerprint density at radius 3 is 2.68 bits per heavy atom. The second-order valence-corrected chi connectivity index (χ2v) is 4.92. The third-order valence-corrected chi connectivity index (χ3v) is 3.53. The second-order valence-electron chi connectivity index (χ2n) is 4.56. The van der Waals surface area contributed by atoms with E-state index in [1.54, 1.807) is 13.8 Å². The Morgan fingerprint density at radius 2 is 2.00 bits per heavy atom. The number of rotatable bonds is 2. The van der Waals surface area contributed by atoms with Crippen LogP contribution in [0.2, 0.25) is 5.15 Å². The van der Waals surface area contributed by atoms with Gasteiger partial charge in [-0.15, -0.1) is 0 Å². The zero-order chi connectivity index (χ0) is 14.2. The fraction of sp³-hybridized carbons (Fsp3) is 0.500. The molecule has 1 N–H and O–H groups in total. The Bertz CT molecular complexity index is 547. The van der Waals surface area contributed by atoms with Crippen LogP contribution in [0.3, 0.4) is 0 Å². The molecule has 2 rings (SSSR count). The molecule has 0 bridgehead atoms. The van der Waals surface area contributed by atoms with Crippen molar-refractivity contribution in [2.24, 2.45) is 0 Å². The van der Waals surface area contributed by atoms with Crippen molar-refractivity contribution in [3.8, 4) is 0 Å². The van der Waals surface area contributed by atoms with Gasteiger partial charge in [-0.25, -0.2) is 9.97 Å². The summed E-state index contributed by atoms with van der Waals surface area (Å²) < 4.78 is 0. The molecular formula is C12H15ClN4O2. The van der Waals surface area contributed by atoms with Crippen molar-refractivity contribution in [2.75, 3.05) is 12.4 Å². The zero-order valence-corrected chi connectivity index (χ0v) is 11.8. The number of imide groups is 1. The molecule has 1 aromatic heterocycles. The number of nitrogens with one attached hydrogen (secondary N) is 1. The molecule has 7 heteroatoms. The van der Waals surface area contributed by atoms with E-state index < -0.39 is 6.04 Å². The molecule has 1 aliphatic heterocycles. The van der Waals surface area contributed by atoms with Crippen LogP contribution in [0.4, 0.5) is 5.82 Å². The number of aromatic nitrogens is 2. The third kappa shape index (κ3) is 2.68. The molecular weight excluding hydrogens is 268 g/mol. The van der Waals surface area contributed by atoms with E-state index in [0.29, 0.717) is 35.2 Å². The van der Waals surface area contributed by atoms with E-state index in [-0.39, 0.29) is 11.8 Å². The van der Waals surface area contributed by atoms with E-state index in [0.717, 1.165) is 4.90 Å². The molecule has 1 aliphatic rings. The van der Waals surface area contributed by atoms with Gasteiger partial charge in [0.05, 0.1) is 0 Å². The van der Waals surface area contributed by atoms with Gasteiger partial charge in [-0.1, -0.05) is 11.6 Å². The Kier molecular flexibility index (Phi) is 3.71. The molecule has 1 atom stereocenters.